The molecule has 1 amide bonds. The molecule has 5 heteroatoms. The van der Waals surface area contributed by atoms with Gasteiger partial charge in [0.05, 0.1) is 5.56 Å². The summed E-state index contributed by atoms with van der Waals surface area (Å²) >= 11 is 0. The summed E-state index contributed by atoms with van der Waals surface area (Å²) in [6.07, 6.45) is 3.89. The lowest BCUT2D eigenvalue weighted by atomic mass is 9.99. The fourth-order valence-corrected chi connectivity index (χ4v) is 3.32. The monoisotopic (exact) mass is 312 g/mol. The Labute approximate surface area is 137 Å². The zero-order chi connectivity index (χ0) is 16.4. The van der Waals surface area contributed by atoms with Crippen molar-refractivity contribution in [2.75, 3.05) is 6.54 Å². The molecule has 0 aromatic carbocycles. The Balaban J connectivity index is 1.85. The van der Waals surface area contributed by atoms with Gasteiger partial charge in [-0.15, -0.1) is 0 Å². The maximum atomic E-state index is 12.7. The van der Waals surface area contributed by atoms with Crippen LogP contribution in [-0.2, 0) is 0 Å². The smallest absolute Gasteiger partial charge is 0.253 e. The molecule has 0 bridgehead atoms. The number of nitrogens with zero attached hydrogens (tertiary/aromatic N) is 2. The zero-order valence-electron chi connectivity index (χ0n) is 14.0. The van der Waals surface area contributed by atoms with Crippen LogP contribution in [0.3, 0.4) is 0 Å². The number of hydrogen-bond acceptors (Lipinski definition) is 3. The van der Waals surface area contributed by atoms with Crippen LogP contribution in [0.4, 0.5) is 0 Å². The van der Waals surface area contributed by atoms with Gasteiger partial charge in [0.25, 0.3) is 5.91 Å². The number of aryl methyl sites for hydroxylation is 1. The molecule has 2 N–H and O–H groups in total. The molecule has 2 aromatic heterocycles. The van der Waals surface area contributed by atoms with Crippen molar-refractivity contribution in [3.63, 3.8) is 0 Å². The average molecular weight is 312 g/mol. The molecule has 1 aliphatic rings. The maximum Gasteiger partial charge on any atom is 0.253 e. The van der Waals surface area contributed by atoms with E-state index < -0.39 is 0 Å². The molecule has 23 heavy (non-hydrogen) atoms. The SMILES string of the molecule is Cc1cc(C(=O)NC2CCCNC2C)c(C)n1-c1ccccn1. The highest BCUT2D eigenvalue weighted by molar-refractivity contribution is 5.96. The van der Waals surface area contributed by atoms with Crippen LogP contribution in [0.5, 0.6) is 0 Å². The summed E-state index contributed by atoms with van der Waals surface area (Å²) in [6, 6.07) is 8.25. The van der Waals surface area contributed by atoms with Gasteiger partial charge in [-0.2, -0.15) is 0 Å². The van der Waals surface area contributed by atoms with Gasteiger partial charge in [-0.1, -0.05) is 6.07 Å². The first-order chi connectivity index (χ1) is 11.1. The lowest BCUT2D eigenvalue weighted by molar-refractivity contribution is 0.0919. The molecule has 2 atom stereocenters. The number of nitrogens with one attached hydrogen (secondary N) is 2. The number of pyridine rings is 1. The summed E-state index contributed by atoms with van der Waals surface area (Å²) in [5, 5.41) is 6.60. The summed E-state index contributed by atoms with van der Waals surface area (Å²) < 4.78 is 2.03. The van der Waals surface area contributed by atoms with Crippen molar-refractivity contribution in [1.82, 2.24) is 20.2 Å². The maximum absolute atomic E-state index is 12.7. The summed E-state index contributed by atoms with van der Waals surface area (Å²) in [5.41, 5.74) is 2.67. The molecule has 0 saturated carbocycles. The van der Waals surface area contributed by atoms with Gasteiger partial charge >= 0.3 is 0 Å². The lowest BCUT2D eigenvalue weighted by Crippen LogP contribution is -2.51. The fourth-order valence-electron chi connectivity index (χ4n) is 3.32. The van der Waals surface area contributed by atoms with Crippen molar-refractivity contribution in [3.8, 4) is 5.82 Å². The first-order valence-corrected chi connectivity index (χ1v) is 8.22. The van der Waals surface area contributed by atoms with Crippen molar-refractivity contribution in [3.05, 3.63) is 47.4 Å². The van der Waals surface area contributed by atoms with Crippen LogP contribution in [0.15, 0.2) is 30.5 Å². The predicted molar refractivity (Wildman–Crippen MR) is 91.0 cm³/mol. The molecule has 3 rings (SSSR count). The number of hydrogen-bond donors (Lipinski definition) is 2. The summed E-state index contributed by atoms with van der Waals surface area (Å²) in [6.45, 7) is 7.13. The Morgan fingerprint density at radius 3 is 2.91 bits per heavy atom. The molecule has 0 spiro atoms. The summed E-state index contributed by atoms with van der Waals surface area (Å²) in [4.78, 5) is 17.1. The Morgan fingerprint density at radius 1 is 1.39 bits per heavy atom. The highest BCUT2D eigenvalue weighted by Gasteiger charge is 2.25. The van der Waals surface area contributed by atoms with E-state index >= 15 is 0 Å². The minimum atomic E-state index is 0.000770. The van der Waals surface area contributed by atoms with Crippen LogP contribution in [0.25, 0.3) is 5.82 Å². The highest BCUT2D eigenvalue weighted by atomic mass is 16.1. The van der Waals surface area contributed by atoms with Gasteiger partial charge in [0.15, 0.2) is 0 Å². The topological polar surface area (TPSA) is 59.0 Å². The van der Waals surface area contributed by atoms with Gasteiger partial charge in [0.1, 0.15) is 5.82 Å². The molecule has 0 aliphatic carbocycles. The van der Waals surface area contributed by atoms with Crippen molar-refractivity contribution in [1.29, 1.82) is 0 Å². The van der Waals surface area contributed by atoms with Gasteiger partial charge in [-0.3, -0.25) is 4.79 Å². The van der Waals surface area contributed by atoms with E-state index in [1.54, 1.807) is 6.20 Å². The second kappa shape index (κ2) is 6.54. The van der Waals surface area contributed by atoms with Crippen LogP contribution >= 0.6 is 0 Å². The second-order valence-corrected chi connectivity index (χ2v) is 6.27. The quantitative estimate of drug-likeness (QED) is 0.915. The molecule has 2 aromatic rings. The Kier molecular flexibility index (Phi) is 4.48. The van der Waals surface area contributed by atoms with Gasteiger partial charge in [-0.05, 0) is 58.4 Å². The highest BCUT2D eigenvalue weighted by Crippen LogP contribution is 2.20. The van der Waals surface area contributed by atoms with Crippen molar-refractivity contribution >= 4 is 5.91 Å². The molecule has 2 unspecified atom stereocenters. The molecule has 0 radical (unpaired) electrons. The molecule has 3 heterocycles. The van der Waals surface area contributed by atoms with Gasteiger partial charge in [-0.25, -0.2) is 4.98 Å². The first-order valence-electron chi connectivity index (χ1n) is 8.22. The number of carbonyl (C=O) groups is 1. The molecule has 5 nitrogen and oxygen atoms in total. The minimum Gasteiger partial charge on any atom is -0.348 e. The van der Waals surface area contributed by atoms with Crippen molar-refractivity contribution in [2.45, 2.75) is 45.7 Å². The summed E-state index contributed by atoms with van der Waals surface area (Å²) in [5.74, 6) is 0.843. The predicted octanol–water partition coefficient (Wildman–Crippen LogP) is 2.36. The molecule has 1 fully saturated rings. The standard InChI is InChI=1S/C18H24N4O/c1-12-11-15(14(3)22(12)17-8-4-5-9-20-17)18(23)21-16-7-6-10-19-13(16)2/h4-5,8-9,11,13,16,19H,6-7,10H2,1-3H3,(H,21,23). The zero-order valence-corrected chi connectivity index (χ0v) is 14.0. The molecule has 122 valence electrons. The Morgan fingerprint density at radius 2 is 2.22 bits per heavy atom. The largest absolute Gasteiger partial charge is 0.348 e. The second-order valence-electron chi connectivity index (χ2n) is 6.27. The van der Waals surface area contributed by atoms with E-state index in [2.05, 4.69) is 22.5 Å². The third-order valence-corrected chi connectivity index (χ3v) is 4.63. The number of aromatic nitrogens is 2. The van der Waals surface area contributed by atoms with Crippen LogP contribution < -0.4 is 10.6 Å². The van der Waals surface area contributed by atoms with E-state index in [9.17, 15) is 4.79 Å². The number of rotatable bonds is 3. The van der Waals surface area contributed by atoms with Gasteiger partial charge in [0.2, 0.25) is 0 Å². The van der Waals surface area contributed by atoms with Crippen LogP contribution in [0, 0.1) is 13.8 Å². The third kappa shape index (κ3) is 3.15. The number of piperidine rings is 1. The van der Waals surface area contributed by atoms with Gasteiger partial charge < -0.3 is 15.2 Å². The minimum absolute atomic E-state index is 0.000770. The van der Waals surface area contributed by atoms with E-state index in [1.807, 2.05) is 42.7 Å². The van der Waals surface area contributed by atoms with Crippen LogP contribution in [0.1, 0.15) is 41.5 Å². The van der Waals surface area contributed by atoms with Gasteiger partial charge in [0, 0.05) is 29.7 Å². The number of carbonyl (C=O) groups excluding carboxylic acids is 1. The van der Waals surface area contributed by atoms with Crippen LogP contribution in [-0.4, -0.2) is 34.1 Å². The fraction of sp³-hybridized carbons (Fsp3) is 0.444. The Hall–Kier alpha value is -2.14. The van der Waals surface area contributed by atoms with E-state index in [0.717, 1.165) is 42.2 Å². The average Bonchev–Trinajstić information content (AvgIpc) is 2.85. The van der Waals surface area contributed by atoms with E-state index in [-0.39, 0.29) is 11.9 Å². The van der Waals surface area contributed by atoms with E-state index in [1.165, 1.54) is 0 Å². The molecular formula is C18H24N4O. The summed E-state index contributed by atoms with van der Waals surface area (Å²) in [7, 11) is 0. The molecule has 1 saturated heterocycles. The molecule has 1 aliphatic heterocycles. The molecular weight excluding hydrogens is 288 g/mol. The first kappa shape index (κ1) is 15.7. The lowest BCUT2D eigenvalue weighted by Gasteiger charge is -2.30. The van der Waals surface area contributed by atoms with Crippen molar-refractivity contribution < 1.29 is 4.79 Å². The van der Waals surface area contributed by atoms with E-state index in [0.29, 0.717) is 6.04 Å². The normalized spacial score (nSPS) is 21.2. The number of amides is 1. The Bertz CT molecular complexity index is 693. The third-order valence-electron chi connectivity index (χ3n) is 4.63. The van der Waals surface area contributed by atoms with E-state index in [4.69, 9.17) is 0 Å². The van der Waals surface area contributed by atoms with Crippen LogP contribution in [0.2, 0.25) is 0 Å². The van der Waals surface area contributed by atoms with Crippen molar-refractivity contribution in [2.24, 2.45) is 0 Å².